The topological polar surface area (TPSA) is 35.5 Å². The average Bonchev–Trinajstić information content (AvgIpc) is 2.63. The maximum Gasteiger partial charge on any atom is 0.334 e. The van der Waals surface area contributed by atoms with Crippen molar-refractivity contribution in [2.75, 3.05) is 6.61 Å². The molecule has 0 bridgehead atoms. The highest BCUT2D eigenvalue weighted by atomic mass is 16.5. The molecule has 0 aromatic rings. The number of allylic oxidation sites excluding steroid dienone is 1. The molecule has 1 atom stereocenters. The summed E-state index contributed by atoms with van der Waals surface area (Å²) in [6, 6.07) is 0. The fourth-order valence-electron chi connectivity index (χ4n) is 1.65. The average molecular weight is 210 g/mol. The Balaban J connectivity index is 2.62. The second-order valence-corrected chi connectivity index (χ2v) is 3.59. The summed E-state index contributed by atoms with van der Waals surface area (Å²) in [6.45, 7) is 7.99. The van der Waals surface area contributed by atoms with Crippen LogP contribution in [0.4, 0.5) is 0 Å². The highest BCUT2D eigenvalue weighted by Crippen LogP contribution is 2.36. The zero-order valence-electron chi connectivity index (χ0n) is 9.41. The first-order chi connectivity index (χ1) is 7.15. The maximum atomic E-state index is 11.2. The molecule has 0 N–H and O–H groups in total. The summed E-state index contributed by atoms with van der Waals surface area (Å²) in [6.07, 6.45) is 5.79. The van der Waals surface area contributed by atoms with Crippen molar-refractivity contribution in [1.82, 2.24) is 0 Å². The van der Waals surface area contributed by atoms with Gasteiger partial charge in [-0.05, 0) is 25.8 Å². The molecule has 0 aliphatic carbocycles. The summed E-state index contributed by atoms with van der Waals surface area (Å²) >= 11 is 0. The minimum atomic E-state index is -0.330. The lowest BCUT2D eigenvalue weighted by Gasteiger charge is -2.22. The van der Waals surface area contributed by atoms with E-state index in [2.05, 4.69) is 13.5 Å². The van der Waals surface area contributed by atoms with Crippen molar-refractivity contribution >= 4 is 5.97 Å². The predicted octanol–water partition coefficient (Wildman–Crippen LogP) is 2.58. The van der Waals surface area contributed by atoms with E-state index < -0.39 is 0 Å². The maximum absolute atomic E-state index is 11.2. The van der Waals surface area contributed by atoms with Gasteiger partial charge in [-0.3, -0.25) is 0 Å². The lowest BCUT2D eigenvalue weighted by molar-refractivity contribution is -0.137. The van der Waals surface area contributed by atoms with E-state index in [0.717, 1.165) is 19.3 Å². The number of rotatable bonds is 4. The minimum Gasteiger partial charge on any atom is -0.487 e. The largest absolute Gasteiger partial charge is 0.487 e. The molecule has 1 heterocycles. The van der Waals surface area contributed by atoms with Gasteiger partial charge in [-0.25, -0.2) is 4.79 Å². The molecule has 0 spiro atoms. The van der Waals surface area contributed by atoms with Crippen LogP contribution >= 0.6 is 0 Å². The molecule has 84 valence electrons. The number of hydrogen-bond acceptors (Lipinski definition) is 3. The van der Waals surface area contributed by atoms with Gasteiger partial charge in [0.15, 0.2) is 0 Å². The van der Waals surface area contributed by atoms with E-state index in [1.807, 2.05) is 6.08 Å². The monoisotopic (exact) mass is 210 g/mol. The smallest absolute Gasteiger partial charge is 0.334 e. The Kier molecular flexibility index (Phi) is 3.95. The third kappa shape index (κ3) is 2.85. The Bertz CT molecular complexity index is 281. The zero-order chi connectivity index (χ0) is 11.3. The molecular formula is C12H18O3. The van der Waals surface area contributed by atoms with Gasteiger partial charge < -0.3 is 9.47 Å². The van der Waals surface area contributed by atoms with Crippen LogP contribution in [0, 0.1) is 0 Å². The van der Waals surface area contributed by atoms with Crippen molar-refractivity contribution in [3.8, 4) is 0 Å². The molecular weight excluding hydrogens is 192 g/mol. The van der Waals surface area contributed by atoms with Crippen LogP contribution in [0.2, 0.25) is 0 Å². The summed E-state index contributed by atoms with van der Waals surface area (Å²) in [4.78, 5) is 11.2. The van der Waals surface area contributed by atoms with Crippen LogP contribution in [-0.4, -0.2) is 18.2 Å². The standard InChI is InChI=1S/C12H18O3/c1-4-12(5-2)8-7-10(15-12)9-11(13)14-6-3/h4,9H,1,5-8H2,2-3H3/b10-9+. The number of carbonyl (C=O) groups is 1. The molecule has 3 nitrogen and oxygen atoms in total. The van der Waals surface area contributed by atoms with E-state index in [9.17, 15) is 4.79 Å². The van der Waals surface area contributed by atoms with Gasteiger partial charge in [-0.15, -0.1) is 0 Å². The first kappa shape index (κ1) is 11.8. The molecule has 1 fully saturated rings. The van der Waals surface area contributed by atoms with Gasteiger partial charge in [0, 0.05) is 6.42 Å². The molecule has 1 unspecified atom stereocenters. The Morgan fingerprint density at radius 2 is 2.40 bits per heavy atom. The number of ether oxygens (including phenoxy) is 2. The highest BCUT2D eigenvalue weighted by Gasteiger charge is 2.33. The first-order valence-electron chi connectivity index (χ1n) is 5.35. The Morgan fingerprint density at radius 3 is 2.87 bits per heavy atom. The predicted molar refractivity (Wildman–Crippen MR) is 58.3 cm³/mol. The van der Waals surface area contributed by atoms with E-state index in [4.69, 9.17) is 9.47 Å². The Morgan fingerprint density at radius 1 is 1.67 bits per heavy atom. The van der Waals surface area contributed by atoms with Gasteiger partial charge in [-0.1, -0.05) is 13.5 Å². The van der Waals surface area contributed by atoms with Crippen molar-refractivity contribution in [2.24, 2.45) is 0 Å². The Labute approximate surface area is 90.8 Å². The number of hydrogen-bond donors (Lipinski definition) is 0. The van der Waals surface area contributed by atoms with Gasteiger partial charge in [-0.2, -0.15) is 0 Å². The van der Waals surface area contributed by atoms with Crippen LogP contribution in [0.15, 0.2) is 24.5 Å². The van der Waals surface area contributed by atoms with Gasteiger partial charge in [0.1, 0.15) is 11.4 Å². The van der Waals surface area contributed by atoms with Crippen molar-refractivity contribution in [3.63, 3.8) is 0 Å². The summed E-state index contributed by atoms with van der Waals surface area (Å²) in [7, 11) is 0. The summed E-state index contributed by atoms with van der Waals surface area (Å²) < 4.78 is 10.5. The van der Waals surface area contributed by atoms with E-state index in [0.29, 0.717) is 12.4 Å². The van der Waals surface area contributed by atoms with Crippen LogP contribution < -0.4 is 0 Å². The molecule has 1 rings (SSSR count). The van der Waals surface area contributed by atoms with Crippen LogP contribution in [0.3, 0.4) is 0 Å². The van der Waals surface area contributed by atoms with Crippen LogP contribution in [-0.2, 0) is 14.3 Å². The molecule has 15 heavy (non-hydrogen) atoms. The lowest BCUT2D eigenvalue weighted by Crippen LogP contribution is -2.22. The molecule has 0 saturated carbocycles. The fraction of sp³-hybridized carbons (Fsp3) is 0.583. The zero-order valence-corrected chi connectivity index (χ0v) is 9.41. The third-order valence-corrected chi connectivity index (χ3v) is 2.66. The quantitative estimate of drug-likeness (QED) is 0.406. The van der Waals surface area contributed by atoms with E-state index in [1.54, 1.807) is 6.92 Å². The van der Waals surface area contributed by atoms with Crippen molar-refractivity contribution in [1.29, 1.82) is 0 Å². The van der Waals surface area contributed by atoms with Gasteiger partial charge in [0.05, 0.1) is 12.7 Å². The molecule has 3 heteroatoms. The van der Waals surface area contributed by atoms with Gasteiger partial charge in [0.25, 0.3) is 0 Å². The molecule has 0 radical (unpaired) electrons. The van der Waals surface area contributed by atoms with Gasteiger partial charge in [0.2, 0.25) is 0 Å². The molecule has 0 amide bonds. The molecule has 0 aromatic heterocycles. The number of carbonyl (C=O) groups excluding carboxylic acids is 1. The summed E-state index contributed by atoms with van der Waals surface area (Å²) in [5, 5.41) is 0. The lowest BCUT2D eigenvalue weighted by atomic mass is 9.97. The summed E-state index contributed by atoms with van der Waals surface area (Å²) in [5.41, 5.74) is -0.279. The van der Waals surface area contributed by atoms with Crippen LogP contribution in [0.5, 0.6) is 0 Å². The molecule has 1 aliphatic rings. The van der Waals surface area contributed by atoms with Gasteiger partial charge >= 0.3 is 5.97 Å². The molecule has 1 saturated heterocycles. The molecule has 0 aromatic carbocycles. The second-order valence-electron chi connectivity index (χ2n) is 3.59. The first-order valence-corrected chi connectivity index (χ1v) is 5.35. The van der Waals surface area contributed by atoms with Crippen LogP contribution in [0.25, 0.3) is 0 Å². The molecule has 1 aliphatic heterocycles. The van der Waals surface area contributed by atoms with E-state index >= 15 is 0 Å². The Hall–Kier alpha value is -1.25. The van der Waals surface area contributed by atoms with Crippen molar-refractivity contribution < 1.29 is 14.3 Å². The fourth-order valence-corrected chi connectivity index (χ4v) is 1.65. The minimum absolute atomic E-state index is 0.279. The third-order valence-electron chi connectivity index (χ3n) is 2.66. The highest BCUT2D eigenvalue weighted by molar-refractivity contribution is 5.82. The SMILES string of the molecule is C=CC1(CC)CC/C(=C\C(=O)OCC)O1. The van der Waals surface area contributed by atoms with E-state index in [-0.39, 0.29) is 11.6 Å². The number of esters is 1. The normalized spacial score (nSPS) is 27.5. The second kappa shape index (κ2) is 5.01. The van der Waals surface area contributed by atoms with E-state index in [1.165, 1.54) is 6.08 Å². The van der Waals surface area contributed by atoms with Crippen molar-refractivity contribution in [2.45, 2.75) is 38.7 Å². The summed E-state index contributed by atoms with van der Waals surface area (Å²) in [5.74, 6) is 0.374. The van der Waals surface area contributed by atoms with Crippen molar-refractivity contribution in [3.05, 3.63) is 24.5 Å². The van der Waals surface area contributed by atoms with Crippen LogP contribution in [0.1, 0.15) is 33.1 Å².